The summed E-state index contributed by atoms with van der Waals surface area (Å²) in [4.78, 5) is 40.2. The molecule has 1 N–H and O–H groups in total. The highest BCUT2D eigenvalue weighted by Gasteiger charge is 2.44. The smallest absolute Gasteiger partial charge is 0.335 e. The van der Waals surface area contributed by atoms with Crippen molar-refractivity contribution in [2.24, 2.45) is 0 Å². The maximum absolute atomic E-state index is 13.2. The van der Waals surface area contributed by atoms with Crippen LogP contribution >= 0.6 is 0 Å². The average Bonchev–Trinajstić information content (AvgIpc) is 3.22. The maximum Gasteiger partial charge on any atom is 0.335 e. The van der Waals surface area contributed by atoms with Gasteiger partial charge in [-0.2, -0.15) is 0 Å². The number of imide groups is 1. The Balaban J connectivity index is 1.44. The largest absolute Gasteiger partial charge is 0.489 e. The van der Waals surface area contributed by atoms with Crippen LogP contribution in [0.1, 0.15) is 38.7 Å². The maximum atomic E-state index is 13.2. The summed E-state index contributed by atoms with van der Waals surface area (Å²) in [7, 11) is 1.53. The summed E-state index contributed by atoms with van der Waals surface area (Å²) >= 11 is 0. The number of aromatic nitrogens is 1. The Morgan fingerprint density at radius 3 is 2.49 bits per heavy atom. The minimum atomic E-state index is -0.972. The number of carboxylic acids is 1. The van der Waals surface area contributed by atoms with Crippen molar-refractivity contribution in [2.75, 3.05) is 13.6 Å². The van der Waals surface area contributed by atoms with Gasteiger partial charge in [0.1, 0.15) is 12.4 Å². The fraction of sp³-hybridized carbons (Fsp3) is 0.207. The Morgan fingerprint density at radius 2 is 1.76 bits per heavy atom. The minimum absolute atomic E-state index is 0.206. The van der Waals surface area contributed by atoms with Crippen LogP contribution in [0.15, 0.2) is 72.8 Å². The number of amides is 3. The highest BCUT2D eigenvalue weighted by Crippen LogP contribution is 2.41. The van der Waals surface area contributed by atoms with Crippen molar-refractivity contribution in [3.63, 3.8) is 0 Å². The van der Waals surface area contributed by atoms with E-state index in [0.29, 0.717) is 32.0 Å². The van der Waals surface area contributed by atoms with Crippen LogP contribution in [-0.2, 0) is 24.5 Å². The quantitative estimate of drug-likeness (QED) is 0.427. The van der Waals surface area contributed by atoms with Crippen LogP contribution in [0.25, 0.3) is 10.9 Å². The van der Waals surface area contributed by atoms with Gasteiger partial charge in [-0.15, -0.1) is 0 Å². The van der Waals surface area contributed by atoms with Crippen LogP contribution in [-0.4, -0.2) is 51.0 Å². The first-order chi connectivity index (χ1) is 17.9. The number of hydrogen-bond donors (Lipinski definition) is 1. The molecule has 0 spiro atoms. The fourth-order valence-corrected chi connectivity index (χ4v) is 5.36. The van der Waals surface area contributed by atoms with Gasteiger partial charge in [-0.3, -0.25) is 9.69 Å². The normalized spacial score (nSPS) is 16.7. The molecule has 8 nitrogen and oxygen atoms in total. The second-order valence-electron chi connectivity index (χ2n) is 9.51. The van der Waals surface area contributed by atoms with Crippen LogP contribution in [0.2, 0.25) is 0 Å². The molecule has 1 atom stereocenters. The van der Waals surface area contributed by atoms with Crippen molar-refractivity contribution in [3.05, 3.63) is 101 Å². The Labute approximate surface area is 213 Å². The second kappa shape index (κ2) is 8.81. The highest BCUT2D eigenvalue weighted by molar-refractivity contribution is 6.04. The molecule has 1 fully saturated rings. The molecular weight excluding hydrogens is 470 g/mol. The summed E-state index contributed by atoms with van der Waals surface area (Å²) in [6.07, 6.45) is 0. The topological polar surface area (TPSA) is 92.1 Å². The molecule has 1 unspecified atom stereocenters. The summed E-state index contributed by atoms with van der Waals surface area (Å²) in [5.74, 6) is -0.922. The lowest BCUT2D eigenvalue weighted by Crippen LogP contribution is -2.56. The predicted octanol–water partition coefficient (Wildman–Crippen LogP) is 4.46. The summed E-state index contributed by atoms with van der Waals surface area (Å²) in [6, 6.07) is 22.3. The van der Waals surface area contributed by atoms with Gasteiger partial charge < -0.3 is 19.3 Å². The minimum Gasteiger partial charge on any atom is -0.489 e. The summed E-state index contributed by atoms with van der Waals surface area (Å²) < 4.78 is 8.23. The lowest BCUT2D eigenvalue weighted by molar-refractivity contribution is -0.132. The van der Waals surface area contributed by atoms with E-state index in [2.05, 4.69) is 4.57 Å². The van der Waals surface area contributed by atoms with E-state index in [1.807, 2.05) is 48.5 Å². The van der Waals surface area contributed by atoms with E-state index in [-0.39, 0.29) is 17.5 Å². The molecule has 8 heteroatoms. The van der Waals surface area contributed by atoms with E-state index in [1.54, 1.807) is 29.2 Å². The van der Waals surface area contributed by atoms with Gasteiger partial charge in [0.25, 0.3) is 0 Å². The summed E-state index contributed by atoms with van der Waals surface area (Å²) in [5.41, 5.74) is 5.01. The molecule has 3 heterocycles. The second-order valence-corrected chi connectivity index (χ2v) is 9.51. The number of fused-ring (bicyclic) bond motifs is 6. The van der Waals surface area contributed by atoms with Gasteiger partial charge >= 0.3 is 12.0 Å². The van der Waals surface area contributed by atoms with E-state index < -0.39 is 11.9 Å². The first-order valence-corrected chi connectivity index (χ1v) is 12.1. The van der Waals surface area contributed by atoms with Gasteiger partial charge in [-0.05, 0) is 47.0 Å². The van der Waals surface area contributed by atoms with E-state index in [0.717, 1.165) is 33.3 Å². The third-order valence-electron chi connectivity index (χ3n) is 7.25. The van der Waals surface area contributed by atoms with E-state index in [9.17, 15) is 19.5 Å². The van der Waals surface area contributed by atoms with Gasteiger partial charge in [0.15, 0.2) is 0 Å². The fourth-order valence-electron chi connectivity index (χ4n) is 5.36. The molecule has 3 amide bonds. The highest BCUT2D eigenvalue weighted by atomic mass is 16.5. The lowest BCUT2D eigenvalue weighted by Gasteiger charge is -2.41. The lowest BCUT2D eigenvalue weighted by atomic mass is 9.89. The van der Waals surface area contributed by atoms with Crippen LogP contribution in [0.4, 0.5) is 4.79 Å². The number of likely N-dealkylation sites (N-methyl/N-ethyl adjacent to an activating group) is 1. The number of nitrogens with zero attached hydrogens (tertiary/aromatic N) is 3. The molecule has 2 bridgehead atoms. The number of hydrogen-bond acceptors (Lipinski definition) is 4. The molecule has 2 aliphatic rings. The predicted molar refractivity (Wildman–Crippen MR) is 137 cm³/mol. The van der Waals surface area contributed by atoms with Crippen molar-refractivity contribution in [1.29, 1.82) is 0 Å². The van der Waals surface area contributed by atoms with Crippen molar-refractivity contribution >= 4 is 28.8 Å². The average molecular weight is 496 g/mol. The Morgan fingerprint density at radius 1 is 1.00 bits per heavy atom. The van der Waals surface area contributed by atoms with E-state index >= 15 is 0 Å². The SMILES string of the molecule is CN1C(=O)C2CN(Cc3c2c2cc(OCc4ccccc4)ccc2n3Cc2ccc(C(=O)O)cc2)C1=O. The van der Waals surface area contributed by atoms with Crippen LogP contribution < -0.4 is 4.74 Å². The number of carbonyl (C=O) groups is 3. The van der Waals surface area contributed by atoms with Crippen LogP contribution in [0.5, 0.6) is 5.75 Å². The Kier molecular flexibility index (Phi) is 5.44. The van der Waals surface area contributed by atoms with Crippen LogP contribution in [0.3, 0.4) is 0 Å². The zero-order valence-corrected chi connectivity index (χ0v) is 20.3. The molecule has 3 aromatic carbocycles. The molecule has 37 heavy (non-hydrogen) atoms. The zero-order valence-electron chi connectivity index (χ0n) is 20.3. The number of ether oxygens (including phenoxy) is 1. The van der Waals surface area contributed by atoms with E-state index in [4.69, 9.17) is 4.74 Å². The number of carbonyl (C=O) groups excluding carboxylic acids is 2. The molecule has 2 aliphatic heterocycles. The monoisotopic (exact) mass is 495 g/mol. The standard InChI is InChI=1S/C29H25N3O5/c1-30-27(33)23-15-31(29(30)36)16-25-26(23)22-13-21(37-17-19-5-3-2-4-6-19)11-12-24(22)32(25)14-18-7-9-20(10-8-18)28(34)35/h2-13,23H,14-17H2,1H3,(H,34,35). The number of rotatable bonds is 6. The number of benzene rings is 3. The summed E-state index contributed by atoms with van der Waals surface area (Å²) in [5, 5.41) is 10.2. The van der Waals surface area contributed by atoms with Crippen molar-refractivity contribution in [3.8, 4) is 5.75 Å². The third kappa shape index (κ3) is 3.91. The first-order valence-electron chi connectivity index (χ1n) is 12.1. The number of aromatic carboxylic acids is 1. The first kappa shape index (κ1) is 22.8. The molecule has 1 aromatic heterocycles. The molecule has 4 aromatic rings. The van der Waals surface area contributed by atoms with Crippen molar-refractivity contribution < 1.29 is 24.2 Å². The van der Waals surface area contributed by atoms with E-state index in [1.165, 1.54) is 11.9 Å². The Bertz CT molecular complexity index is 1540. The van der Waals surface area contributed by atoms with Gasteiger partial charge in [0, 0.05) is 36.7 Å². The van der Waals surface area contributed by atoms with Gasteiger partial charge in [-0.1, -0.05) is 42.5 Å². The van der Waals surface area contributed by atoms with Gasteiger partial charge in [-0.25, -0.2) is 9.59 Å². The molecule has 0 radical (unpaired) electrons. The Hall–Kier alpha value is -4.59. The van der Waals surface area contributed by atoms with Crippen molar-refractivity contribution in [2.45, 2.75) is 25.6 Å². The number of urea groups is 1. The van der Waals surface area contributed by atoms with Gasteiger partial charge in [0.2, 0.25) is 5.91 Å². The molecule has 0 aliphatic carbocycles. The molecule has 0 saturated carbocycles. The zero-order chi connectivity index (χ0) is 25.7. The molecule has 1 saturated heterocycles. The molecule has 186 valence electrons. The molecule has 6 rings (SSSR count). The molecular formula is C29H25N3O5. The van der Waals surface area contributed by atoms with Gasteiger partial charge in [0.05, 0.1) is 18.0 Å². The third-order valence-corrected chi connectivity index (χ3v) is 7.25. The number of carboxylic acid groups (broad SMARTS) is 1. The van der Waals surface area contributed by atoms with Crippen LogP contribution in [0, 0.1) is 0 Å². The summed E-state index contributed by atoms with van der Waals surface area (Å²) in [6.45, 7) is 1.66. The van der Waals surface area contributed by atoms with Crippen molar-refractivity contribution in [1.82, 2.24) is 14.4 Å².